The third-order valence-electron chi connectivity index (χ3n) is 7.21. The van der Waals surface area contributed by atoms with Crippen LogP contribution in [0, 0.1) is 11.3 Å². The summed E-state index contributed by atoms with van der Waals surface area (Å²) in [4.78, 5) is 54.3. The van der Waals surface area contributed by atoms with Crippen LogP contribution in [0.3, 0.4) is 0 Å². The first-order valence-electron chi connectivity index (χ1n) is 12.3. The van der Waals surface area contributed by atoms with E-state index in [0.717, 1.165) is 0 Å². The van der Waals surface area contributed by atoms with Gasteiger partial charge in [-0.3, -0.25) is 38.8 Å². The van der Waals surface area contributed by atoms with Crippen LogP contribution < -0.4 is 0 Å². The minimum absolute atomic E-state index is 0.0518. The van der Waals surface area contributed by atoms with Crippen molar-refractivity contribution in [3.05, 3.63) is 0 Å². The van der Waals surface area contributed by atoms with Crippen LogP contribution in [0.15, 0.2) is 0 Å². The lowest BCUT2D eigenvalue weighted by molar-refractivity contribution is -0.140. The molecule has 2 rings (SSSR count). The first kappa shape index (κ1) is 30.1. The average molecular weight is 517 g/mol. The van der Waals surface area contributed by atoms with Gasteiger partial charge in [-0.15, -0.1) is 0 Å². The molecule has 2 fully saturated rings. The minimum atomic E-state index is -1.02. The van der Waals surface area contributed by atoms with Gasteiger partial charge in [0.05, 0.1) is 32.3 Å². The molecule has 0 aromatic rings. The molecule has 0 aromatic carbocycles. The molecule has 1 saturated heterocycles. The van der Waals surface area contributed by atoms with Gasteiger partial charge >= 0.3 is 17.9 Å². The number of aliphatic hydroxyl groups excluding tert-OH is 2. The Morgan fingerprint density at radius 1 is 0.667 bits per heavy atom. The fraction of sp³-hybridized carbons (Fsp3) is 0.826. The molecule has 13 heteroatoms. The Morgan fingerprint density at radius 3 is 1.19 bits per heavy atom. The zero-order valence-corrected chi connectivity index (χ0v) is 20.9. The predicted octanol–water partition coefficient (Wildman–Crippen LogP) is -2.20. The molecule has 0 aromatic heterocycles. The van der Waals surface area contributed by atoms with Crippen LogP contribution in [0.2, 0.25) is 0 Å². The lowest BCUT2D eigenvalue weighted by Crippen LogP contribution is -2.50. The Labute approximate surface area is 210 Å². The topological polar surface area (TPSA) is 182 Å². The molecule has 1 aliphatic heterocycles. The van der Waals surface area contributed by atoms with Gasteiger partial charge in [-0.1, -0.05) is 0 Å². The lowest BCUT2D eigenvalue weighted by Gasteiger charge is -2.34. The molecule has 0 bridgehead atoms. The van der Waals surface area contributed by atoms with Crippen LogP contribution in [-0.2, 0) is 19.2 Å². The highest BCUT2D eigenvalue weighted by atomic mass is 16.4. The van der Waals surface area contributed by atoms with Crippen LogP contribution in [-0.4, -0.2) is 160 Å². The van der Waals surface area contributed by atoms with Crippen molar-refractivity contribution in [1.29, 1.82) is 0 Å². The first-order valence-corrected chi connectivity index (χ1v) is 12.3. The van der Waals surface area contributed by atoms with Gasteiger partial charge < -0.3 is 25.5 Å². The Morgan fingerprint density at radius 2 is 0.972 bits per heavy atom. The molecule has 0 unspecified atom stereocenters. The van der Waals surface area contributed by atoms with Gasteiger partial charge in [0.2, 0.25) is 0 Å². The van der Waals surface area contributed by atoms with E-state index in [9.17, 15) is 44.7 Å². The minimum Gasteiger partial charge on any atom is -0.480 e. The Kier molecular flexibility index (Phi) is 11.7. The zero-order valence-electron chi connectivity index (χ0n) is 20.9. The molecule has 2 aliphatic rings. The molecule has 13 nitrogen and oxygen atoms in total. The average Bonchev–Trinajstić information content (AvgIpc) is 3.56. The molecule has 2 atom stereocenters. The van der Waals surface area contributed by atoms with Crippen LogP contribution in [0.4, 0.5) is 0 Å². The molecular formula is C23H40N4O9. The van der Waals surface area contributed by atoms with Crippen molar-refractivity contribution in [3.63, 3.8) is 0 Å². The highest BCUT2D eigenvalue weighted by Gasteiger charge is 2.56. The van der Waals surface area contributed by atoms with Crippen molar-refractivity contribution in [3.8, 4) is 0 Å². The summed E-state index contributed by atoms with van der Waals surface area (Å²) in [6.45, 7) is 3.19. The number of carbonyl (C=O) groups is 4. The van der Waals surface area contributed by atoms with Crippen molar-refractivity contribution in [2.24, 2.45) is 11.3 Å². The molecule has 36 heavy (non-hydrogen) atoms. The van der Waals surface area contributed by atoms with Crippen molar-refractivity contribution >= 4 is 23.7 Å². The molecule has 1 aliphatic carbocycles. The normalized spacial score (nSPS) is 22.6. The van der Waals surface area contributed by atoms with E-state index in [1.807, 2.05) is 4.90 Å². The molecule has 0 radical (unpaired) electrons. The third kappa shape index (κ3) is 9.37. The summed E-state index contributed by atoms with van der Waals surface area (Å²) in [5.74, 6) is -3.68. The lowest BCUT2D eigenvalue weighted by atomic mass is 9.82. The Bertz CT molecular complexity index is 743. The fourth-order valence-corrected chi connectivity index (χ4v) is 4.93. The number of nitrogens with zero attached hydrogens (tertiary/aromatic N) is 4. The van der Waals surface area contributed by atoms with Gasteiger partial charge in [0.25, 0.3) is 0 Å². The van der Waals surface area contributed by atoms with Crippen molar-refractivity contribution < 1.29 is 44.7 Å². The number of rotatable bonds is 12. The zero-order chi connectivity index (χ0) is 26.9. The molecule has 1 heterocycles. The standard InChI is InChI=1S/C23H40N4O9/c1-17(29)18(16-28)23(2-3-23)19(30)12-24-4-6-25(13-20(31)32)8-10-27(15-22(35)36)11-9-26(7-5-24)14-21(33)34/h17-18,28-29H,2-16H2,1H3,(H,31,32)(H,33,34)(H,35,36)/t17-,18-/m1/s1. The summed E-state index contributed by atoms with van der Waals surface area (Å²) in [7, 11) is 0. The van der Waals surface area contributed by atoms with Crippen LogP contribution in [0.1, 0.15) is 19.8 Å². The second kappa shape index (κ2) is 14.0. The molecule has 206 valence electrons. The number of Topliss-reactive ketones (excluding diaryl/α,β-unsaturated/α-hetero) is 1. The molecule has 5 N–H and O–H groups in total. The maximum Gasteiger partial charge on any atom is 0.317 e. The van der Waals surface area contributed by atoms with Crippen LogP contribution in [0.25, 0.3) is 0 Å². The van der Waals surface area contributed by atoms with E-state index in [2.05, 4.69) is 0 Å². The van der Waals surface area contributed by atoms with Crippen LogP contribution >= 0.6 is 0 Å². The smallest absolute Gasteiger partial charge is 0.317 e. The van der Waals surface area contributed by atoms with Crippen LogP contribution in [0.5, 0.6) is 0 Å². The maximum absolute atomic E-state index is 13.3. The van der Waals surface area contributed by atoms with Crippen molar-refractivity contribution in [1.82, 2.24) is 19.6 Å². The Hall–Kier alpha value is -2.16. The maximum atomic E-state index is 13.3. The second-order valence-corrected chi connectivity index (χ2v) is 9.89. The van der Waals surface area contributed by atoms with Gasteiger partial charge in [0.1, 0.15) is 0 Å². The summed E-state index contributed by atoms with van der Waals surface area (Å²) in [6, 6.07) is 0. The van der Waals surface area contributed by atoms with E-state index in [0.29, 0.717) is 65.2 Å². The fourth-order valence-electron chi connectivity index (χ4n) is 4.93. The van der Waals surface area contributed by atoms with Gasteiger partial charge in [-0.05, 0) is 19.8 Å². The number of ketones is 1. The first-order chi connectivity index (χ1) is 17.0. The SMILES string of the molecule is C[C@@H](O)[C@@H](CO)C1(C(=O)CN2CCN(CC(=O)O)CCN(CC(=O)O)CCN(CC(=O)O)CC2)CC1. The molecule has 1 saturated carbocycles. The highest BCUT2D eigenvalue weighted by molar-refractivity contribution is 5.89. The third-order valence-corrected chi connectivity index (χ3v) is 7.21. The van der Waals surface area contributed by atoms with Crippen molar-refractivity contribution in [2.75, 3.05) is 85.1 Å². The summed E-state index contributed by atoms with van der Waals surface area (Å²) >= 11 is 0. The van der Waals surface area contributed by atoms with Gasteiger partial charge in [-0.2, -0.15) is 0 Å². The highest BCUT2D eigenvalue weighted by Crippen LogP contribution is 2.54. The quantitative estimate of drug-likeness (QED) is 0.189. The Balaban J connectivity index is 2.18. The van der Waals surface area contributed by atoms with Gasteiger partial charge in [0.15, 0.2) is 5.78 Å². The van der Waals surface area contributed by atoms with E-state index < -0.39 is 35.3 Å². The largest absolute Gasteiger partial charge is 0.480 e. The summed E-state index contributed by atoms with van der Waals surface area (Å²) < 4.78 is 0. The van der Waals surface area contributed by atoms with E-state index in [4.69, 9.17) is 0 Å². The number of hydrogen-bond acceptors (Lipinski definition) is 10. The van der Waals surface area contributed by atoms with E-state index in [-0.39, 0.29) is 38.6 Å². The molecule has 0 spiro atoms. The van der Waals surface area contributed by atoms with E-state index in [1.54, 1.807) is 21.6 Å². The number of carbonyl (C=O) groups excluding carboxylic acids is 1. The second-order valence-electron chi connectivity index (χ2n) is 9.89. The number of carboxylic acid groups (broad SMARTS) is 3. The number of carboxylic acids is 3. The predicted molar refractivity (Wildman–Crippen MR) is 128 cm³/mol. The summed E-state index contributed by atoms with van der Waals surface area (Å²) in [5, 5.41) is 47.7. The number of hydrogen-bond donors (Lipinski definition) is 5. The van der Waals surface area contributed by atoms with Gasteiger partial charge in [-0.25, -0.2) is 0 Å². The summed E-state index contributed by atoms with van der Waals surface area (Å²) in [5.41, 5.74) is -0.772. The number of aliphatic carboxylic acids is 3. The molecule has 0 amide bonds. The monoisotopic (exact) mass is 516 g/mol. The van der Waals surface area contributed by atoms with E-state index in [1.165, 1.54) is 0 Å². The number of aliphatic hydroxyl groups is 2. The summed E-state index contributed by atoms with van der Waals surface area (Å²) in [6.07, 6.45) is 0.343. The van der Waals surface area contributed by atoms with Gasteiger partial charge in [0, 0.05) is 70.3 Å². The van der Waals surface area contributed by atoms with Crippen molar-refractivity contribution in [2.45, 2.75) is 25.9 Å². The molecular weight excluding hydrogens is 476 g/mol. The van der Waals surface area contributed by atoms with E-state index >= 15 is 0 Å².